The van der Waals surface area contributed by atoms with E-state index in [2.05, 4.69) is 11.4 Å². The quantitative estimate of drug-likeness (QED) is 0.855. The Labute approximate surface area is 120 Å². The molecule has 2 heterocycles. The molecule has 1 N–H and O–H groups in total. The molecule has 2 amide bonds. The maximum Gasteiger partial charge on any atom is 0.317 e. The normalized spacial score (nSPS) is 31.1. The van der Waals surface area contributed by atoms with Crippen LogP contribution in [0, 0.1) is 16.7 Å². The van der Waals surface area contributed by atoms with Gasteiger partial charge >= 0.3 is 6.03 Å². The highest BCUT2D eigenvalue weighted by atomic mass is 16.5. The van der Waals surface area contributed by atoms with E-state index in [-0.39, 0.29) is 23.6 Å². The Morgan fingerprint density at radius 3 is 2.90 bits per heavy atom. The predicted octanol–water partition coefficient (Wildman–Crippen LogP) is 2.03. The van der Waals surface area contributed by atoms with Crippen LogP contribution >= 0.6 is 0 Å². The first kappa shape index (κ1) is 13.7. The van der Waals surface area contributed by atoms with Crippen molar-refractivity contribution in [3.05, 3.63) is 0 Å². The first-order chi connectivity index (χ1) is 9.74. The van der Waals surface area contributed by atoms with E-state index in [0.29, 0.717) is 13.0 Å². The highest BCUT2D eigenvalue weighted by molar-refractivity contribution is 5.75. The monoisotopic (exact) mass is 277 g/mol. The van der Waals surface area contributed by atoms with Crippen LogP contribution in [0.3, 0.4) is 0 Å². The highest BCUT2D eigenvalue weighted by Crippen LogP contribution is 2.47. The molecule has 2 atom stereocenters. The molecule has 0 radical (unpaired) electrons. The van der Waals surface area contributed by atoms with Gasteiger partial charge in [-0.25, -0.2) is 4.79 Å². The second-order valence-corrected chi connectivity index (χ2v) is 6.45. The second-order valence-electron chi connectivity index (χ2n) is 6.45. The maximum atomic E-state index is 12.4. The molecule has 2 saturated heterocycles. The summed E-state index contributed by atoms with van der Waals surface area (Å²) in [6, 6.07) is 2.52. The van der Waals surface area contributed by atoms with Crippen molar-refractivity contribution in [1.29, 1.82) is 5.26 Å². The van der Waals surface area contributed by atoms with E-state index in [1.54, 1.807) is 0 Å². The molecule has 3 rings (SSSR count). The summed E-state index contributed by atoms with van der Waals surface area (Å²) >= 11 is 0. The van der Waals surface area contributed by atoms with Crippen LogP contribution in [0.1, 0.15) is 44.9 Å². The molecule has 2 aliphatic heterocycles. The molecule has 1 aliphatic carbocycles. The number of rotatable bonds is 4. The number of amides is 2. The number of nitrogens with zero attached hydrogens (tertiary/aromatic N) is 2. The minimum absolute atomic E-state index is 0.0345. The Morgan fingerprint density at radius 1 is 1.40 bits per heavy atom. The van der Waals surface area contributed by atoms with Gasteiger partial charge in [0.25, 0.3) is 0 Å². The van der Waals surface area contributed by atoms with Crippen molar-refractivity contribution >= 4 is 6.03 Å². The number of carbonyl (C=O) groups is 1. The number of likely N-dealkylation sites (tertiary alicyclic amines) is 1. The van der Waals surface area contributed by atoms with E-state index in [1.807, 2.05) is 4.90 Å². The number of carbonyl (C=O) groups excluding carboxylic acids is 1. The molecule has 5 nitrogen and oxygen atoms in total. The van der Waals surface area contributed by atoms with Crippen LogP contribution in [0.4, 0.5) is 4.79 Å². The van der Waals surface area contributed by atoms with Gasteiger partial charge in [0, 0.05) is 31.5 Å². The summed E-state index contributed by atoms with van der Waals surface area (Å²) in [6.45, 7) is 2.32. The first-order valence-corrected chi connectivity index (χ1v) is 7.77. The van der Waals surface area contributed by atoms with Crippen LogP contribution in [0.15, 0.2) is 0 Å². The Hall–Kier alpha value is -1.28. The summed E-state index contributed by atoms with van der Waals surface area (Å²) in [5.74, 6) is 0. The molecule has 0 bridgehead atoms. The Bertz CT molecular complexity index is 408. The number of nitrogens with one attached hydrogen (secondary N) is 1. The fourth-order valence-corrected chi connectivity index (χ4v) is 3.46. The summed E-state index contributed by atoms with van der Waals surface area (Å²) in [4.78, 5) is 14.3. The SMILES string of the molecule is N#CCC1(CNC(=O)N2CCC[C@@H]2[C@H]2CCCO2)CC1. The predicted molar refractivity (Wildman–Crippen MR) is 74.0 cm³/mol. The molecule has 1 saturated carbocycles. The molecular weight excluding hydrogens is 254 g/mol. The van der Waals surface area contributed by atoms with Gasteiger partial charge in [-0.05, 0) is 38.5 Å². The van der Waals surface area contributed by atoms with Gasteiger partial charge in [-0.2, -0.15) is 5.26 Å². The molecule has 0 aromatic carbocycles. The number of hydrogen-bond donors (Lipinski definition) is 1. The van der Waals surface area contributed by atoms with E-state index in [1.165, 1.54) is 0 Å². The van der Waals surface area contributed by atoms with Crippen molar-refractivity contribution in [2.75, 3.05) is 19.7 Å². The topological polar surface area (TPSA) is 65.4 Å². The van der Waals surface area contributed by atoms with Crippen LogP contribution in [0.5, 0.6) is 0 Å². The molecule has 20 heavy (non-hydrogen) atoms. The third kappa shape index (κ3) is 2.76. The third-order valence-electron chi connectivity index (χ3n) is 4.98. The molecule has 0 unspecified atom stereocenters. The van der Waals surface area contributed by atoms with Crippen molar-refractivity contribution in [3.63, 3.8) is 0 Å². The van der Waals surface area contributed by atoms with Gasteiger partial charge in [-0.3, -0.25) is 0 Å². The fourth-order valence-electron chi connectivity index (χ4n) is 3.46. The molecule has 3 aliphatic rings. The number of nitriles is 1. The first-order valence-electron chi connectivity index (χ1n) is 7.77. The number of ether oxygens (including phenoxy) is 1. The molecule has 110 valence electrons. The van der Waals surface area contributed by atoms with Gasteiger partial charge in [0.2, 0.25) is 0 Å². The van der Waals surface area contributed by atoms with Crippen LogP contribution in [-0.2, 0) is 4.74 Å². The summed E-state index contributed by atoms with van der Waals surface area (Å²) < 4.78 is 5.75. The van der Waals surface area contributed by atoms with E-state index in [4.69, 9.17) is 10.00 Å². The van der Waals surface area contributed by atoms with Gasteiger partial charge in [-0.1, -0.05) is 0 Å². The summed E-state index contributed by atoms with van der Waals surface area (Å²) in [5.41, 5.74) is 0.0729. The van der Waals surface area contributed by atoms with Crippen molar-refractivity contribution in [1.82, 2.24) is 10.2 Å². The summed E-state index contributed by atoms with van der Waals surface area (Å²) in [5, 5.41) is 11.9. The van der Waals surface area contributed by atoms with Crippen LogP contribution in [0.2, 0.25) is 0 Å². The van der Waals surface area contributed by atoms with Gasteiger partial charge in [0.1, 0.15) is 0 Å². The third-order valence-corrected chi connectivity index (χ3v) is 4.98. The largest absolute Gasteiger partial charge is 0.376 e. The summed E-state index contributed by atoms with van der Waals surface area (Å²) in [7, 11) is 0. The van der Waals surface area contributed by atoms with Gasteiger partial charge in [0.05, 0.1) is 18.2 Å². The fraction of sp³-hybridized carbons (Fsp3) is 0.867. The molecule has 5 heteroatoms. The minimum Gasteiger partial charge on any atom is -0.376 e. The molecule has 0 spiro atoms. The molecule has 3 fully saturated rings. The average molecular weight is 277 g/mol. The lowest BCUT2D eigenvalue weighted by atomic mass is 10.0. The maximum absolute atomic E-state index is 12.4. The zero-order valence-electron chi connectivity index (χ0n) is 11.9. The molecular formula is C15H23N3O2. The Morgan fingerprint density at radius 2 is 2.25 bits per heavy atom. The van der Waals surface area contributed by atoms with E-state index >= 15 is 0 Å². The number of hydrogen-bond acceptors (Lipinski definition) is 3. The molecule has 0 aromatic rings. The smallest absolute Gasteiger partial charge is 0.317 e. The zero-order valence-corrected chi connectivity index (χ0v) is 11.9. The number of urea groups is 1. The summed E-state index contributed by atoms with van der Waals surface area (Å²) in [6.07, 6.45) is 7.24. The Kier molecular flexibility index (Phi) is 3.84. The van der Waals surface area contributed by atoms with Crippen molar-refractivity contribution in [2.45, 2.75) is 57.1 Å². The Balaban J connectivity index is 1.52. The van der Waals surface area contributed by atoms with Crippen LogP contribution in [-0.4, -0.2) is 42.8 Å². The lowest BCUT2D eigenvalue weighted by Crippen LogP contribution is -2.48. The van der Waals surface area contributed by atoms with E-state index in [0.717, 1.165) is 51.7 Å². The standard InChI is InChI=1S/C15H23N3O2/c16-8-7-15(5-6-15)11-17-14(19)18-9-1-3-12(18)13-4-2-10-20-13/h12-13H,1-7,9-11H2,(H,17,19)/t12-,13-/m1/s1. The van der Waals surface area contributed by atoms with Crippen molar-refractivity contribution in [2.24, 2.45) is 5.41 Å². The van der Waals surface area contributed by atoms with Gasteiger partial charge < -0.3 is 15.0 Å². The zero-order chi connectivity index (χ0) is 14.0. The van der Waals surface area contributed by atoms with Crippen LogP contribution in [0.25, 0.3) is 0 Å². The van der Waals surface area contributed by atoms with Crippen LogP contribution < -0.4 is 5.32 Å². The van der Waals surface area contributed by atoms with E-state index in [9.17, 15) is 4.79 Å². The average Bonchev–Trinajstić information content (AvgIpc) is 2.88. The van der Waals surface area contributed by atoms with Gasteiger partial charge in [-0.15, -0.1) is 0 Å². The van der Waals surface area contributed by atoms with Gasteiger partial charge in [0.15, 0.2) is 0 Å². The second kappa shape index (κ2) is 5.61. The highest BCUT2D eigenvalue weighted by Gasteiger charge is 2.43. The lowest BCUT2D eigenvalue weighted by Gasteiger charge is -2.29. The van der Waals surface area contributed by atoms with Crippen molar-refractivity contribution in [3.8, 4) is 6.07 Å². The molecule has 0 aromatic heterocycles. The lowest BCUT2D eigenvalue weighted by molar-refractivity contribution is 0.0519. The van der Waals surface area contributed by atoms with Crippen molar-refractivity contribution < 1.29 is 9.53 Å². The van der Waals surface area contributed by atoms with E-state index < -0.39 is 0 Å². The minimum atomic E-state index is 0.0345.